The van der Waals surface area contributed by atoms with E-state index >= 15 is 0 Å². The highest BCUT2D eigenvalue weighted by atomic mass is 16.5. The molecule has 0 bridgehead atoms. The molecule has 0 aromatic heterocycles. The third kappa shape index (κ3) is 5.19. The number of nitrogens with zero attached hydrogens (tertiary/aromatic N) is 1. The van der Waals surface area contributed by atoms with E-state index in [0.29, 0.717) is 12.5 Å². The van der Waals surface area contributed by atoms with Crippen LogP contribution in [0, 0.1) is 6.92 Å². The lowest BCUT2D eigenvalue weighted by atomic mass is 10.1. The van der Waals surface area contributed by atoms with Gasteiger partial charge in [0.1, 0.15) is 11.5 Å². The number of ether oxygens (including phenoxy) is 2. The fourth-order valence-electron chi connectivity index (χ4n) is 2.23. The lowest BCUT2D eigenvalue weighted by Gasteiger charge is -2.11. The summed E-state index contributed by atoms with van der Waals surface area (Å²) in [6, 6.07) is 13.6. The summed E-state index contributed by atoms with van der Waals surface area (Å²) in [5, 5.41) is 3.07. The van der Waals surface area contributed by atoms with Crippen LogP contribution >= 0.6 is 0 Å². The average Bonchev–Trinajstić information content (AvgIpc) is 2.55. The van der Waals surface area contributed by atoms with E-state index in [2.05, 4.69) is 10.3 Å². The fourth-order valence-corrected chi connectivity index (χ4v) is 2.23. The zero-order chi connectivity index (χ0) is 17.5. The second-order valence-corrected chi connectivity index (χ2v) is 5.83. The maximum Gasteiger partial charge on any atom is 0.193 e. The summed E-state index contributed by atoms with van der Waals surface area (Å²) in [6.45, 7) is 6.47. The van der Waals surface area contributed by atoms with Crippen molar-refractivity contribution in [3.63, 3.8) is 0 Å². The molecule has 0 heterocycles. The molecule has 5 nitrogen and oxygen atoms in total. The van der Waals surface area contributed by atoms with Gasteiger partial charge in [-0.15, -0.1) is 0 Å². The second kappa shape index (κ2) is 8.24. The molecule has 2 aromatic carbocycles. The van der Waals surface area contributed by atoms with Crippen molar-refractivity contribution in [2.24, 2.45) is 10.7 Å². The van der Waals surface area contributed by atoms with E-state index in [-0.39, 0.29) is 6.10 Å². The first kappa shape index (κ1) is 17.7. The molecule has 0 radical (unpaired) electrons. The zero-order valence-electron chi connectivity index (χ0n) is 14.7. The Balaban J connectivity index is 1.99. The number of aliphatic imine (C=N–C) groups is 1. The van der Waals surface area contributed by atoms with E-state index < -0.39 is 0 Å². The van der Waals surface area contributed by atoms with Crippen LogP contribution < -0.4 is 20.5 Å². The Morgan fingerprint density at radius 2 is 1.88 bits per heavy atom. The molecule has 0 saturated carbocycles. The summed E-state index contributed by atoms with van der Waals surface area (Å²) >= 11 is 0. The standard InChI is InChI=1S/C19H25N3O2/c1-13(2)24-17-9-7-16(8-10-17)22-19(20)21-12-15-6-5-14(3)11-18(15)23-4/h5-11,13H,12H2,1-4H3,(H3,20,21,22). The number of hydrogen-bond donors (Lipinski definition) is 2. The highest BCUT2D eigenvalue weighted by Gasteiger charge is 2.03. The van der Waals surface area contributed by atoms with E-state index in [1.54, 1.807) is 7.11 Å². The maximum absolute atomic E-state index is 5.96. The van der Waals surface area contributed by atoms with Gasteiger partial charge in [-0.3, -0.25) is 0 Å². The van der Waals surface area contributed by atoms with Crippen molar-refractivity contribution in [3.8, 4) is 11.5 Å². The Hall–Kier alpha value is -2.69. The molecule has 0 aliphatic heterocycles. The molecule has 3 N–H and O–H groups in total. The van der Waals surface area contributed by atoms with Gasteiger partial charge in [0, 0.05) is 11.3 Å². The minimum Gasteiger partial charge on any atom is -0.496 e. The van der Waals surface area contributed by atoms with Crippen molar-refractivity contribution in [3.05, 3.63) is 53.6 Å². The summed E-state index contributed by atoms with van der Waals surface area (Å²) < 4.78 is 11.0. The summed E-state index contributed by atoms with van der Waals surface area (Å²) in [5.74, 6) is 2.01. The van der Waals surface area contributed by atoms with Crippen molar-refractivity contribution in [2.75, 3.05) is 12.4 Å². The fraction of sp³-hybridized carbons (Fsp3) is 0.316. The predicted molar refractivity (Wildman–Crippen MR) is 98.9 cm³/mol. The predicted octanol–water partition coefficient (Wildman–Crippen LogP) is 3.72. The van der Waals surface area contributed by atoms with Crippen LogP contribution in [-0.4, -0.2) is 19.2 Å². The third-order valence-electron chi connectivity index (χ3n) is 3.36. The van der Waals surface area contributed by atoms with Crippen LogP contribution in [0.15, 0.2) is 47.5 Å². The molecule has 0 atom stereocenters. The molecule has 0 unspecified atom stereocenters. The molecular weight excluding hydrogens is 302 g/mol. The Morgan fingerprint density at radius 1 is 1.17 bits per heavy atom. The van der Waals surface area contributed by atoms with Crippen molar-refractivity contribution in [1.82, 2.24) is 0 Å². The second-order valence-electron chi connectivity index (χ2n) is 5.83. The van der Waals surface area contributed by atoms with Gasteiger partial charge in [-0.25, -0.2) is 4.99 Å². The summed E-state index contributed by atoms with van der Waals surface area (Å²) in [5.41, 5.74) is 8.97. The minimum atomic E-state index is 0.153. The van der Waals surface area contributed by atoms with Gasteiger partial charge in [0.05, 0.1) is 19.8 Å². The van der Waals surface area contributed by atoms with Gasteiger partial charge in [-0.05, 0) is 56.7 Å². The molecule has 0 aliphatic rings. The number of rotatable bonds is 6. The van der Waals surface area contributed by atoms with Gasteiger partial charge < -0.3 is 20.5 Å². The van der Waals surface area contributed by atoms with Crippen molar-refractivity contribution >= 4 is 11.6 Å². The number of hydrogen-bond acceptors (Lipinski definition) is 3. The number of nitrogens with one attached hydrogen (secondary N) is 1. The first-order valence-electron chi connectivity index (χ1n) is 7.95. The average molecular weight is 327 g/mol. The van der Waals surface area contributed by atoms with Crippen LogP contribution in [0.4, 0.5) is 5.69 Å². The van der Waals surface area contributed by atoms with Gasteiger partial charge in [0.15, 0.2) is 5.96 Å². The topological polar surface area (TPSA) is 68.9 Å². The van der Waals surface area contributed by atoms with Crippen LogP contribution in [0.2, 0.25) is 0 Å². The van der Waals surface area contributed by atoms with Crippen LogP contribution in [0.1, 0.15) is 25.0 Å². The number of guanidine groups is 1. The first-order chi connectivity index (χ1) is 11.5. The summed E-state index contributed by atoms with van der Waals surface area (Å²) in [4.78, 5) is 4.37. The molecule has 0 amide bonds. The van der Waals surface area contributed by atoms with Gasteiger partial charge in [0.2, 0.25) is 0 Å². The van der Waals surface area contributed by atoms with Crippen molar-refractivity contribution < 1.29 is 9.47 Å². The van der Waals surface area contributed by atoms with Gasteiger partial charge in [0.25, 0.3) is 0 Å². The van der Waals surface area contributed by atoms with Gasteiger partial charge in [-0.1, -0.05) is 12.1 Å². The molecule has 0 fully saturated rings. The summed E-state index contributed by atoms with van der Waals surface area (Å²) in [6.07, 6.45) is 0.153. The number of benzene rings is 2. The number of anilines is 1. The van der Waals surface area contributed by atoms with E-state index in [4.69, 9.17) is 15.2 Å². The monoisotopic (exact) mass is 327 g/mol. The molecule has 0 saturated heterocycles. The molecule has 5 heteroatoms. The van der Waals surface area contributed by atoms with Crippen LogP contribution in [-0.2, 0) is 6.54 Å². The Labute approximate surface area is 143 Å². The molecule has 2 rings (SSSR count). The minimum absolute atomic E-state index is 0.153. The lowest BCUT2D eigenvalue weighted by molar-refractivity contribution is 0.242. The van der Waals surface area contributed by atoms with Gasteiger partial charge >= 0.3 is 0 Å². The Kier molecular flexibility index (Phi) is 6.07. The van der Waals surface area contributed by atoms with Crippen LogP contribution in [0.5, 0.6) is 11.5 Å². The zero-order valence-corrected chi connectivity index (χ0v) is 14.7. The SMILES string of the molecule is COc1cc(C)ccc1CN=C(N)Nc1ccc(OC(C)C)cc1. The van der Waals surface area contributed by atoms with E-state index in [1.165, 1.54) is 0 Å². The number of methoxy groups -OCH3 is 1. The highest BCUT2D eigenvalue weighted by Crippen LogP contribution is 2.21. The largest absolute Gasteiger partial charge is 0.496 e. The first-order valence-corrected chi connectivity index (χ1v) is 7.95. The molecular formula is C19H25N3O2. The number of aryl methyl sites for hydroxylation is 1. The molecule has 128 valence electrons. The van der Waals surface area contributed by atoms with Crippen molar-refractivity contribution in [1.29, 1.82) is 0 Å². The molecule has 2 aromatic rings. The van der Waals surface area contributed by atoms with Gasteiger partial charge in [-0.2, -0.15) is 0 Å². The Bertz CT molecular complexity index is 694. The summed E-state index contributed by atoms with van der Waals surface area (Å²) in [7, 11) is 1.66. The maximum atomic E-state index is 5.96. The normalized spacial score (nSPS) is 11.5. The van der Waals surface area contributed by atoms with E-state index in [9.17, 15) is 0 Å². The number of nitrogens with two attached hydrogens (primary N) is 1. The molecule has 24 heavy (non-hydrogen) atoms. The van der Waals surface area contributed by atoms with Crippen LogP contribution in [0.3, 0.4) is 0 Å². The smallest absolute Gasteiger partial charge is 0.193 e. The van der Waals surface area contributed by atoms with Crippen LogP contribution in [0.25, 0.3) is 0 Å². The highest BCUT2D eigenvalue weighted by molar-refractivity contribution is 5.92. The van der Waals surface area contributed by atoms with E-state index in [0.717, 1.165) is 28.3 Å². The lowest BCUT2D eigenvalue weighted by Crippen LogP contribution is -2.22. The van der Waals surface area contributed by atoms with Crippen molar-refractivity contribution in [2.45, 2.75) is 33.4 Å². The Morgan fingerprint density at radius 3 is 2.50 bits per heavy atom. The quantitative estimate of drug-likeness (QED) is 0.627. The van der Waals surface area contributed by atoms with E-state index in [1.807, 2.05) is 63.2 Å². The molecule has 0 aliphatic carbocycles. The third-order valence-corrected chi connectivity index (χ3v) is 3.36. The molecule has 0 spiro atoms.